The molecule has 130 valence electrons. The van der Waals surface area contributed by atoms with Crippen molar-refractivity contribution >= 4 is 15.7 Å². The summed E-state index contributed by atoms with van der Waals surface area (Å²) < 4.78 is 40.9. The average Bonchev–Trinajstić information content (AvgIpc) is 2.62. The van der Waals surface area contributed by atoms with Crippen LogP contribution in [0.2, 0.25) is 0 Å². The van der Waals surface area contributed by atoms with Crippen LogP contribution in [-0.2, 0) is 10.0 Å². The molecule has 1 aliphatic rings. The summed E-state index contributed by atoms with van der Waals surface area (Å²) in [6, 6.07) is 7.56. The van der Waals surface area contributed by atoms with Crippen molar-refractivity contribution in [3.63, 3.8) is 0 Å². The molecule has 1 aromatic carbocycles. The van der Waals surface area contributed by atoms with E-state index in [2.05, 4.69) is 22.1 Å². The topological polar surface area (TPSA) is 88.3 Å². The number of anilines is 1. The minimum absolute atomic E-state index is 0.0256. The van der Waals surface area contributed by atoms with Crippen molar-refractivity contribution in [3.05, 3.63) is 54.1 Å². The summed E-state index contributed by atoms with van der Waals surface area (Å²) in [4.78, 5) is 3.85. The molecule has 3 N–H and O–H groups in total. The molecule has 0 saturated carbocycles. The Labute approximate surface area is 145 Å². The summed E-state index contributed by atoms with van der Waals surface area (Å²) in [6.07, 6.45) is 2.34. The minimum Gasteiger partial charge on any atom is -0.396 e. The zero-order valence-electron chi connectivity index (χ0n) is 13.3. The Morgan fingerprint density at radius 1 is 1.28 bits per heavy atom. The quantitative estimate of drug-likeness (QED) is 0.774. The van der Waals surface area contributed by atoms with E-state index in [0.717, 1.165) is 6.20 Å². The number of pyridine rings is 1. The second-order valence-corrected chi connectivity index (χ2v) is 7.39. The highest BCUT2D eigenvalue weighted by Crippen LogP contribution is 2.19. The molecular formula is C17H17FN4O2S. The summed E-state index contributed by atoms with van der Waals surface area (Å²) in [6.45, 7) is 1.16. The van der Waals surface area contributed by atoms with E-state index in [4.69, 9.17) is 5.73 Å². The molecule has 3 rings (SSSR count). The van der Waals surface area contributed by atoms with Gasteiger partial charge in [-0.15, -0.1) is 0 Å². The maximum atomic E-state index is 13.8. The third-order valence-corrected chi connectivity index (χ3v) is 5.76. The Morgan fingerprint density at radius 3 is 2.76 bits per heavy atom. The van der Waals surface area contributed by atoms with Gasteiger partial charge in [0.2, 0.25) is 10.0 Å². The van der Waals surface area contributed by atoms with Crippen molar-refractivity contribution in [3.8, 4) is 11.8 Å². The molecule has 1 saturated heterocycles. The maximum absolute atomic E-state index is 13.8. The van der Waals surface area contributed by atoms with E-state index < -0.39 is 21.9 Å². The van der Waals surface area contributed by atoms with Crippen LogP contribution < -0.4 is 11.1 Å². The van der Waals surface area contributed by atoms with Crippen LogP contribution in [0.4, 0.5) is 10.1 Å². The zero-order chi connectivity index (χ0) is 17.9. The third-order valence-electron chi connectivity index (χ3n) is 3.84. The van der Waals surface area contributed by atoms with E-state index in [-0.39, 0.29) is 22.7 Å². The highest BCUT2D eigenvalue weighted by Gasteiger charge is 2.32. The lowest BCUT2D eigenvalue weighted by atomic mass is 10.2. The molecule has 0 bridgehead atoms. The second-order valence-electron chi connectivity index (χ2n) is 5.50. The number of nitrogens with one attached hydrogen (secondary N) is 1. The maximum Gasteiger partial charge on any atom is 0.244 e. The normalized spacial score (nSPS) is 18.4. The van der Waals surface area contributed by atoms with Gasteiger partial charge in [0.25, 0.3) is 0 Å². The van der Waals surface area contributed by atoms with Crippen molar-refractivity contribution in [1.82, 2.24) is 14.6 Å². The molecule has 0 spiro atoms. The number of hydrogen-bond donors (Lipinski definition) is 2. The van der Waals surface area contributed by atoms with Gasteiger partial charge in [-0.3, -0.25) is 4.98 Å². The number of nitrogens with zero attached hydrogens (tertiary/aromatic N) is 2. The van der Waals surface area contributed by atoms with Crippen LogP contribution in [0.3, 0.4) is 0 Å². The molecule has 1 aromatic heterocycles. The number of rotatable bonds is 2. The fourth-order valence-electron chi connectivity index (χ4n) is 2.56. The van der Waals surface area contributed by atoms with Crippen molar-refractivity contribution in [1.29, 1.82) is 0 Å². The summed E-state index contributed by atoms with van der Waals surface area (Å²) in [5.41, 5.74) is 5.84. The van der Waals surface area contributed by atoms with Crippen LogP contribution in [-0.4, -0.2) is 43.4 Å². The zero-order valence-corrected chi connectivity index (χ0v) is 14.1. The van der Waals surface area contributed by atoms with E-state index in [1.165, 1.54) is 10.5 Å². The molecule has 25 heavy (non-hydrogen) atoms. The molecule has 6 nitrogen and oxygen atoms in total. The molecule has 1 aliphatic heterocycles. The number of nitrogens with two attached hydrogens (primary N) is 1. The first kappa shape index (κ1) is 17.4. The van der Waals surface area contributed by atoms with Crippen LogP contribution in [0.15, 0.2) is 47.6 Å². The number of aromatic nitrogens is 1. The highest BCUT2D eigenvalue weighted by molar-refractivity contribution is 7.89. The Bertz CT molecular complexity index is 902. The molecule has 8 heteroatoms. The highest BCUT2D eigenvalue weighted by atomic mass is 32.2. The van der Waals surface area contributed by atoms with Gasteiger partial charge >= 0.3 is 0 Å². The number of nitrogen functional groups attached to an aromatic ring is 1. The van der Waals surface area contributed by atoms with Gasteiger partial charge in [0.15, 0.2) is 5.82 Å². The Morgan fingerprint density at radius 2 is 2.04 bits per heavy atom. The van der Waals surface area contributed by atoms with E-state index in [0.29, 0.717) is 13.1 Å². The molecular weight excluding hydrogens is 343 g/mol. The van der Waals surface area contributed by atoms with Gasteiger partial charge in [-0.2, -0.15) is 4.31 Å². The third kappa shape index (κ3) is 3.64. The molecule has 1 unspecified atom stereocenters. The first-order valence-electron chi connectivity index (χ1n) is 7.68. The molecule has 1 fully saturated rings. The van der Waals surface area contributed by atoms with Gasteiger partial charge < -0.3 is 11.1 Å². The first-order chi connectivity index (χ1) is 12.0. The van der Waals surface area contributed by atoms with Crippen molar-refractivity contribution in [2.75, 3.05) is 25.4 Å². The van der Waals surface area contributed by atoms with Crippen LogP contribution >= 0.6 is 0 Å². The Balaban J connectivity index is 1.94. The molecule has 0 amide bonds. The van der Waals surface area contributed by atoms with Crippen molar-refractivity contribution in [2.24, 2.45) is 0 Å². The summed E-state index contributed by atoms with van der Waals surface area (Å²) >= 11 is 0. The molecule has 1 atom stereocenters. The summed E-state index contributed by atoms with van der Waals surface area (Å²) in [7, 11) is -3.68. The second kappa shape index (κ2) is 7.19. The van der Waals surface area contributed by atoms with E-state index >= 15 is 0 Å². The summed E-state index contributed by atoms with van der Waals surface area (Å²) in [5, 5.41) is 3.11. The fourth-order valence-corrected chi connectivity index (χ4v) is 4.13. The van der Waals surface area contributed by atoms with Crippen LogP contribution in [0.5, 0.6) is 0 Å². The van der Waals surface area contributed by atoms with Crippen LogP contribution in [0.25, 0.3) is 0 Å². The molecule has 2 aromatic rings. The number of halogens is 1. The van der Waals surface area contributed by atoms with Gasteiger partial charge in [-0.05, 0) is 12.1 Å². The smallest absolute Gasteiger partial charge is 0.244 e. The largest absolute Gasteiger partial charge is 0.396 e. The van der Waals surface area contributed by atoms with Gasteiger partial charge in [-0.1, -0.05) is 30.0 Å². The minimum atomic E-state index is -3.68. The number of hydrogen-bond acceptors (Lipinski definition) is 5. The number of benzene rings is 1. The predicted octanol–water partition coefficient (Wildman–Crippen LogP) is 0.817. The Kier molecular flexibility index (Phi) is 4.99. The number of sulfonamides is 1. The van der Waals surface area contributed by atoms with Crippen molar-refractivity contribution in [2.45, 2.75) is 10.9 Å². The van der Waals surface area contributed by atoms with E-state index in [1.807, 2.05) is 0 Å². The fraction of sp³-hybridized carbons (Fsp3) is 0.235. The standard InChI is InChI=1S/C17H17FN4O2S/c18-16-11-21-12-17(19)15(16)7-6-13-10-20-8-9-22(13)25(23,24)14-4-2-1-3-5-14/h1-5,11-13,20H,8-10,19H2. The van der Waals surface area contributed by atoms with Gasteiger partial charge in [0.05, 0.1) is 34.6 Å². The van der Waals surface area contributed by atoms with Gasteiger partial charge in [-0.25, -0.2) is 12.8 Å². The lowest BCUT2D eigenvalue weighted by Crippen LogP contribution is -2.52. The summed E-state index contributed by atoms with van der Waals surface area (Å²) in [5.74, 6) is 4.87. The van der Waals surface area contributed by atoms with Crippen molar-refractivity contribution < 1.29 is 12.8 Å². The molecule has 2 heterocycles. The molecule has 0 radical (unpaired) electrons. The number of piperazine rings is 1. The monoisotopic (exact) mass is 360 g/mol. The predicted molar refractivity (Wildman–Crippen MR) is 92.5 cm³/mol. The molecule has 0 aliphatic carbocycles. The van der Waals surface area contributed by atoms with E-state index in [1.54, 1.807) is 30.3 Å². The van der Waals surface area contributed by atoms with Gasteiger partial charge in [0.1, 0.15) is 0 Å². The van der Waals surface area contributed by atoms with E-state index in [9.17, 15) is 12.8 Å². The SMILES string of the molecule is Nc1cncc(F)c1C#CC1CNCCN1S(=O)(=O)c1ccccc1. The lowest BCUT2D eigenvalue weighted by molar-refractivity contribution is 0.314. The van der Waals surface area contributed by atoms with Crippen LogP contribution in [0, 0.1) is 17.7 Å². The van der Waals surface area contributed by atoms with Gasteiger partial charge in [0, 0.05) is 19.6 Å². The van der Waals surface area contributed by atoms with Crippen LogP contribution in [0.1, 0.15) is 5.56 Å². The Hall–Kier alpha value is -2.47. The first-order valence-corrected chi connectivity index (χ1v) is 9.12. The lowest BCUT2D eigenvalue weighted by Gasteiger charge is -2.32. The average molecular weight is 360 g/mol.